The van der Waals surface area contributed by atoms with E-state index in [2.05, 4.69) is 0 Å². The van der Waals surface area contributed by atoms with Gasteiger partial charge in [0.25, 0.3) is 0 Å². The summed E-state index contributed by atoms with van der Waals surface area (Å²) in [6.07, 6.45) is -0.262. The topological polar surface area (TPSA) is 29.5 Å². The third-order valence-electron chi connectivity index (χ3n) is 2.53. The summed E-state index contributed by atoms with van der Waals surface area (Å²) in [5.74, 6) is -1.96. The highest BCUT2D eigenvalue weighted by atomic mass is 19.2. The van der Waals surface area contributed by atoms with Crippen LogP contribution < -0.4 is 0 Å². The van der Waals surface area contributed by atoms with Crippen LogP contribution in [0.5, 0.6) is 0 Å². The van der Waals surface area contributed by atoms with Gasteiger partial charge in [0, 0.05) is 12.7 Å². The van der Waals surface area contributed by atoms with E-state index in [1.165, 1.54) is 19.2 Å². The van der Waals surface area contributed by atoms with E-state index < -0.39 is 23.8 Å². The smallest absolute Gasteiger partial charge is 0.164 e. The third kappa shape index (κ3) is 2.77. The Hall–Kier alpha value is -1.00. The normalized spacial score (nSPS) is 14.8. The number of methoxy groups -OCH3 is 1. The van der Waals surface area contributed by atoms with Crippen molar-refractivity contribution in [2.45, 2.75) is 32.0 Å². The summed E-state index contributed by atoms with van der Waals surface area (Å²) in [6.45, 7) is 1.93. The molecule has 0 saturated heterocycles. The van der Waals surface area contributed by atoms with Gasteiger partial charge in [-0.2, -0.15) is 0 Å². The quantitative estimate of drug-likeness (QED) is 0.842. The van der Waals surface area contributed by atoms with Crippen molar-refractivity contribution in [2.24, 2.45) is 0 Å². The summed E-state index contributed by atoms with van der Waals surface area (Å²) in [5.41, 5.74) is -0.0553. The molecule has 0 radical (unpaired) electrons. The molecule has 0 saturated carbocycles. The van der Waals surface area contributed by atoms with Crippen LogP contribution >= 0.6 is 0 Å². The second kappa shape index (κ2) is 5.92. The number of halogens is 2. The number of benzene rings is 1. The Morgan fingerprint density at radius 2 is 2.06 bits per heavy atom. The largest absolute Gasteiger partial charge is 0.386 e. The lowest BCUT2D eigenvalue weighted by Gasteiger charge is -2.21. The highest BCUT2D eigenvalue weighted by molar-refractivity contribution is 5.22. The molecule has 1 aromatic rings. The molecule has 1 aromatic carbocycles. The molecule has 2 unspecified atom stereocenters. The number of aliphatic hydroxyl groups is 1. The van der Waals surface area contributed by atoms with Crippen LogP contribution in [0.2, 0.25) is 0 Å². The first kappa shape index (κ1) is 13.1. The second-order valence-electron chi connectivity index (χ2n) is 3.65. The maximum atomic E-state index is 13.4. The summed E-state index contributed by atoms with van der Waals surface area (Å²) in [6, 6.07) is 3.76. The van der Waals surface area contributed by atoms with Crippen molar-refractivity contribution >= 4 is 0 Å². The standard InChI is InChI=1S/C12H16F2O2/c1-3-5-10(16-2)12(15)8-6-4-7-9(13)11(8)14/h4,6-7,10,12,15H,3,5H2,1-2H3. The van der Waals surface area contributed by atoms with Crippen LogP contribution in [-0.2, 0) is 4.74 Å². The molecule has 1 rings (SSSR count). The van der Waals surface area contributed by atoms with Crippen molar-refractivity contribution in [3.63, 3.8) is 0 Å². The molecule has 2 atom stereocenters. The molecule has 90 valence electrons. The Kier molecular flexibility index (Phi) is 4.83. The molecule has 0 bridgehead atoms. The number of rotatable bonds is 5. The Morgan fingerprint density at radius 1 is 1.38 bits per heavy atom. The zero-order valence-electron chi connectivity index (χ0n) is 9.41. The van der Waals surface area contributed by atoms with Gasteiger partial charge in [0.2, 0.25) is 0 Å². The summed E-state index contributed by atoms with van der Waals surface area (Å²) in [4.78, 5) is 0. The lowest BCUT2D eigenvalue weighted by atomic mass is 10.0. The van der Waals surface area contributed by atoms with E-state index in [9.17, 15) is 13.9 Å². The van der Waals surface area contributed by atoms with Gasteiger partial charge in [-0.15, -0.1) is 0 Å². The fraction of sp³-hybridized carbons (Fsp3) is 0.500. The van der Waals surface area contributed by atoms with E-state index in [0.717, 1.165) is 12.5 Å². The highest BCUT2D eigenvalue weighted by Crippen LogP contribution is 2.25. The highest BCUT2D eigenvalue weighted by Gasteiger charge is 2.23. The lowest BCUT2D eigenvalue weighted by molar-refractivity contribution is -0.0198. The van der Waals surface area contributed by atoms with Gasteiger partial charge in [-0.3, -0.25) is 0 Å². The Morgan fingerprint density at radius 3 is 2.62 bits per heavy atom. The zero-order chi connectivity index (χ0) is 12.1. The molecule has 0 spiro atoms. The molecule has 0 heterocycles. The number of aliphatic hydroxyl groups excluding tert-OH is 1. The fourth-order valence-corrected chi connectivity index (χ4v) is 1.64. The van der Waals surface area contributed by atoms with Gasteiger partial charge in [-0.25, -0.2) is 8.78 Å². The minimum atomic E-state index is -1.14. The Bertz CT molecular complexity index is 342. The summed E-state index contributed by atoms with van der Waals surface area (Å²) < 4.78 is 31.4. The molecule has 16 heavy (non-hydrogen) atoms. The molecule has 0 amide bonds. The molecule has 2 nitrogen and oxygen atoms in total. The van der Waals surface area contributed by atoms with E-state index in [1.807, 2.05) is 6.92 Å². The Balaban J connectivity index is 2.94. The maximum absolute atomic E-state index is 13.4. The average molecular weight is 230 g/mol. The minimum Gasteiger partial charge on any atom is -0.386 e. The van der Waals surface area contributed by atoms with Gasteiger partial charge in [0.15, 0.2) is 11.6 Å². The zero-order valence-corrected chi connectivity index (χ0v) is 9.41. The molecular weight excluding hydrogens is 214 g/mol. The SMILES string of the molecule is CCCC(OC)C(O)c1cccc(F)c1F. The van der Waals surface area contributed by atoms with Gasteiger partial charge >= 0.3 is 0 Å². The van der Waals surface area contributed by atoms with Crippen molar-refractivity contribution in [3.8, 4) is 0 Å². The van der Waals surface area contributed by atoms with Crippen LogP contribution in [0.25, 0.3) is 0 Å². The van der Waals surface area contributed by atoms with E-state index >= 15 is 0 Å². The van der Waals surface area contributed by atoms with Crippen LogP contribution in [-0.4, -0.2) is 18.3 Å². The van der Waals surface area contributed by atoms with E-state index in [-0.39, 0.29) is 5.56 Å². The molecule has 0 fully saturated rings. The van der Waals surface area contributed by atoms with Crippen LogP contribution in [0.15, 0.2) is 18.2 Å². The average Bonchev–Trinajstić information content (AvgIpc) is 2.29. The van der Waals surface area contributed by atoms with Crippen molar-refractivity contribution in [3.05, 3.63) is 35.4 Å². The summed E-state index contributed by atoms with van der Waals surface area (Å²) in [5, 5.41) is 9.89. The van der Waals surface area contributed by atoms with Gasteiger partial charge in [-0.05, 0) is 12.5 Å². The van der Waals surface area contributed by atoms with E-state index in [4.69, 9.17) is 4.74 Å². The third-order valence-corrected chi connectivity index (χ3v) is 2.53. The van der Waals surface area contributed by atoms with Crippen molar-refractivity contribution in [2.75, 3.05) is 7.11 Å². The van der Waals surface area contributed by atoms with Gasteiger partial charge in [-0.1, -0.05) is 25.5 Å². The fourth-order valence-electron chi connectivity index (χ4n) is 1.64. The monoisotopic (exact) mass is 230 g/mol. The first-order valence-corrected chi connectivity index (χ1v) is 5.26. The van der Waals surface area contributed by atoms with Crippen molar-refractivity contribution in [1.29, 1.82) is 0 Å². The summed E-state index contributed by atoms with van der Waals surface area (Å²) >= 11 is 0. The maximum Gasteiger partial charge on any atom is 0.164 e. The molecule has 0 aromatic heterocycles. The number of hydrogen-bond acceptors (Lipinski definition) is 2. The molecule has 0 aliphatic rings. The van der Waals surface area contributed by atoms with Gasteiger partial charge in [0.1, 0.15) is 6.10 Å². The number of ether oxygens (including phenoxy) is 1. The second-order valence-corrected chi connectivity index (χ2v) is 3.65. The van der Waals surface area contributed by atoms with Gasteiger partial charge < -0.3 is 9.84 Å². The molecule has 1 N–H and O–H groups in total. The molecule has 4 heteroatoms. The number of hydrogen-bond donors (Lipinski definition) is 1. The van der Waals surface area contributed by atoms with Crippen LogP contribution in [0, 0.1) is 11.6 Å². The van der Waals surface area contributed by atoms with E-state index in [0.29, 0.717) is 6.42 Å². The van der Waals surface area contributed by atoms with Crippen LogP contribution in [0.4, 0.5) is 8.78 Å². The summed E-state index contributed by atoms with van der Waals surface area (Å²) in [7, 11) is 1.45. The van der Waals surface area contributed by atoms with E-state index in [1.54, 1.807) is 0 Å². The minimum absolute atomic E-state index is 0.0553. The van der Waals surface area contributed by atoms with Crippen LogP contribution in [0.1, 0.15) is 31.4 Å². The predicted molar refractivity (Wildman–Crippen MR) is 57.0 cm³/mol. The van der Waals surface area contributed by atoms with Crippen molar-refractivity contribution < 1.29 is 18.6 Å². The van der Waals surface area contributed by atoms with Crippen LogP contribution in [0.3, 0.4) is 0 Å². The van der Waals surface area contributed by atoms with Crippen molar-refractivity contribution in [1.82, 2.24) is 0 Å². The molecular formula is C12H16F2O2. The molecule has 0 aliphatic carbocycles. The lowest BCUT2D eigenvalue weighted by Crippen LogP contribution is -2.21. The first-order valence-electron chi connectivity index (χ1n) is 5.26. The Labute approximate surface area is 93.9 Å². The predicted octanol–water partition coefficient (Wildman–Crippen LogP) is 2.81. The van der Waals surface area contributed by atoms with Gasteiger partial charge in [0.05, 0.1) is 6.10 Å². The molecule has 0 aliphatic heterocycles. The first-order chi connectivity index (χ1) is 7.61.